The number of pyridine rings is 1. The fourth-order valence-electron chi connectivity index (χ4n) is 2.20. The van der Waals surface area contributed by atoms with Gasteiger partial charge in [-0.2, -0.15) is 0 Å². The maximum atomic E-state index is 11.9. The lowest BCUT2D eigenvalue weighted by Crippen LogP contribution is -2.27. The predicted octanol–water partition coefficient (Wildman–Crippen LogP) is 2.12. The Morgan fingerprint density at radius 1 is 1.47 bits per heavy atom. The third-order valence-electron chi connectivity index (χ3n) is 3.00. The van der Waals surface area contributed by atoms with Gasteiger partial charge in [-0.3, -0.25) is 9.78 Å². The van der Waals surface area contributed by atoms with Crippen molar-refractivity contribution in [2.75, 3.05) is 11.9 Å². The molecule has 1 fully saturated rings. The van der Waals surface area contributed by atoms with Crippen molar-refractivity contribution in [2.45, 2.75) is 39.7 Å². The Hall–Kier alpha value is -1.42. The van der Waals surface area contributed by atoms with Gasteiger partial charge in [-0.25, -0.2) is 0 Å². The van der Waals surface area contributed by atoms with E-state index in [9.17, 15) is 4.79 Å². The van der Waals surface area contributed by atoms with E-state index in [2.05, 4.69) is 10.3 Å². The number of carbonyl (C=O) groups is 1. The number of hydrogen-bond donors (Lipinski definition) is 1. The molecule has 1 atom stereocenters. The standard InChI is InChI=1S/C13H18N2O2/c1-8-7-9(2)14-10(3)12(8)15-13(16)11-5-4-6-17-11/h7,11H,4-6H2,1-3H3,(H,15,16). The fraction of sp³-hybridized carbons (Fsp3) is 0.538. The van der Waals surface area contributed by atoms with Crippen molar-refractivity contribution in [3.05, 3.63) is 23.0 Å². The first-order valence-electron chi connectivity index (χ1n) is 5.95. The van der Waals surface area contributed by atoms with Crippen molar-refractivity contribution in [3.63, 3.8) is 0 Å². The van der Waals surface area contributed by atoms with Gasteiger partial charge in [-0.05, 0) is 45.2 Å². The summed E-state index contributed by atoms with van der Waals surface area (Å²) >= 11 is 0. The molecule has 4 heteroatoms. The van der Waals surface area contributed by atoms with Gasteiger partial charge in [0, 0.05) is 12.3 Å². The second-order valence-electron chi connectivity index (χ2n) is 4.53. The smallest absolute Gasteiger partial charge is 0.253 e. The Kier molecular flexibility index (Phi) is 3.43. The van der Waals surface area contributed by atoms with Crippen LogP contribution in [-0.4, -0.2) is 23.6 Å². The van der Waals surface area contributed by atoms with Crippen LogP contribution in [0, 0.1) is 20.8 Å². The molecule has 0 aromatic carbocycles. The third-order valence-corrected chi connectivity index (χ3v) is 3.00. The van der Waals surface area contributed by atoms with Gasteiger partial charge in [-0.15, -0.1) is 0 Å². The van der Waals surface area contributed by atoms with E-state index in [0.717, 1.165) is 35.5 Å². The van der Waals surface area contributed by atoms with Crippen LogP contribution in [0.15, 0.2) is 6.07 Å². The molecule has 1 N–H and O–H groups in total. The highest BCUT2D eigenvalue weighted by Gasteiger charge is 2.24. The largest absolute Gasteiger partial charge is 0.368 e. The molecule has 2 rings (SSSR count). The zero-order valence-corrected chi connectivity index (χ0v) is 10.5. The Morgan fingerprint density at radius 2 is 2.24 bits per heavy atom. The van der Waals surface area contributed by atoms with Crippen LogP contribution >= 0.6 is 0 Å². The monoisotopic (exact) mass is 234 g/mol. The number of hydrogen-bond acceptors (Lipinski definition) is 3. The van der Waals surface area contributed by atoms with Crippen molar-refractivity contribution >= 4 is 11.6 Å². The van der Waals surface area contributed by atoms with Crippen molar-refractivity contribution in [3.8, 4) is 0 Å². The summed E-state index contributed by atoms with van der Waals surface area (Å²) in [5.74, 6) is -0.0562. The highest BCUT2D eigenvalue weighted by Crippen LogP contribution is 2.21. The number of nitrogens with one attached hydrogen (secondary N) is 1. The Bertz CT molecular complexity index is 414. The van der Waals surface area contributed by atoms with E-state index >= 15 is 0 Å². The molecule has 2 heterocycles. The van der Waals surface area contributed by atoms with Gasteiger partial charge in [0.1, 0.15) is 6.10 Å². The van der Waals surface area contributed by atoms with E-state index in [1.165, 1.54) is 0 Å². The van der Waals surface area contributed by atoms with Crippen LogP contribution in [0.1, 0.15) is 29.8 Å². The van der Waals surface area contributed by atoms with Crippen LogP contribution in [-0.2, 0) is 9.53 Å². The molecule has 1 saturated heterocycles. The average molecular weight is 234 g/mol. The summed E-state index contributed by atoms with van der Waals surface area (Å²) in [6, 6.07) is 1.97. The average Bonchev–Trinajstić information content (AvgIpc) is 2.76. The minimum absolute atomic E-state index is 0.0562. The summed E-state index contributed by atoms with van der Waals surface area (Å²) < 4.78 is 5.36. The number of aromatic nitrogens is 1. The van der Waals surface area contributed by atoms with Gasteiger partial charge < -0.3 is 10.1 Å². The molecule has 0 bridgehead atoms. The highest BCUT2D eigenvalue weighted by atomic mass is 16.5. The number of anilines is 1. The Morgan fingerprint density at radius 3 is 2.82 bits per heavy atom. The topological polar surface area (TPSA) is 51.2 Å². The van der Waals surface area contributed by atoms with E-state index in [1.54, 1.807) is 0 Å². The first kappa shape index (κ1) is 12.0. The van der Waals surface area contributed by atoms with Crippen molar-refractivity contribution in [1.82, 2.24) is 4.98 Å². The molecule has 1 aliphatic rings. The number of aryl methyl sites for hydroxylation is 3. The second-order valence-corrected chi connectivity index (χ2v) is 4.53. The third kappa shape index (κ3) is 2.64. The number of nitrogens with zero attached hydrogens (tertiary/aromatic N) is 1. The lowest BCUT2D eigenvalue weighted by molar-refractivity contribution is -0.124. The summed E-state index contributed by atoms with van der Waals surface area (Å²) in [7, 11) is 0. The molecule has 1 unspecified atom stereocenters. The zero-order valence-electron chi connectivity index (χ0n) is 10.5. The Labute approximate surface area is 101 Å². The van der Waals surface area contributed by atoms with Gasteiger partial charge in [-0.1, -0.05) is 0 Å². The second kappa shape index (κ2) is 4.84. The first-order chi connectivity index (χ1) is 8.08. The molecule has 0 spiro atoms. The summed E-state index contributed by atoms with van der Waals surface area (Å²) in [6.45, 7) is 6.52. The Balaban J connectivity index is 2.15. The van der Waals surface area contributed by atoms with Crippen LogP contribution in [0.4, 0.5) is 5.69 Å². The van der Waals surface area contributed by atoms with Crippen molar-refractivity contribution < 1.29 is 9.53 Å². The van der Waals surface area contributed by atoms with E-state index < -0.39 is 0 Å². The normalized spacial score (nSPS) is 19.4. The number of carbonyl (C=O) groups excluding carboxylic acids is 1. The first-order valence-corrected chi connectivity index (χ1v) is 5.95. The molecule has 1 aromatic heterocycles. The predicted molar refractivity (Wildman–Crippen MR) is 66.1 cm³/mol. The van der Waals surface area contributed by atoms with E-state index in [-0.39, 0.29) is 12.0 Å². The number of ether oxygens (including phenoxy) is 1. The lowest BCUT2D eigenvalue weighted by Gasteiger charge is -2.14. The lowest BCUT2D eigenvalue weighted by atomic mass is 10.1. The van der Waals surface area contributed by atoms with Gasteiger partial charge in [0.05, 0.1) is 11.4 Å². The van der Waals surface area contributed by atoms with Gasteiger partial charge in [0.25, 0.3) is 5.91 Å². The molecule has 17 heavy (non-hydrogen) atoms. The van der Waals surface area contributed by atoms with E-state index in [4.69, 9.17) is 4.74 Å². The van der Waals surface area contributed by atoms with Crippen LogP contribution < -0.4 is 5.32 Å². The molecule has 1 amide bonds. The molecular formula is C13H18N2O2. The maximum Gasteiger partial charge on any atom is 0.253 e. The molecule has 0 saturated carbocycles. The number of amides is 1. The van der Waals surface area contributed by atoms with Gasteiger partial charge in [0.2, 0.25) is 0 Å². The zero-order chi connectivity index (χ0) is 12.4. The van der Waals surface area contributed by atoms with Gasteiger partial charge in [0.15, 0.2) is 0 Å². The number of rotatable bonds is 2. The van der Waals surface area contributed by atoms with E-state index in [1.807, 2.05) is 26.8 Å². The van der Waals surface area contributed by atoms with Crippen molar-refractivity contribution in [2.24, 2.45) is 0 Å². The minimum atomic E-state index is -0.296. The molecule has 92 valence electrons. The summed E-state index contributed by atoms with van der Waals surface area (Å²) in [5.41, 5.74) is 3.68. The van der Waals surface area contributed by atoms with Crippen molar-refractivity contribution in [1.29, 1.82) is 0 Å². The molecular weight excluding hydrogens is 216 g/mol. The van der Waals surface area contributed by atoms with Gasteiger partial charge >= 0.3 is 0 Å². The van der Waals surface area contributed by atoms with E-state index in [0.29, 0.717) is 6.61 Å². The minimum Gasteiger partial charge on any atom is -0.368 e. The highest BCUT2D eigenvalue weighted by molar-refractivity contribution is 5.95. The quantitative estimate of drug-likeness (QED) is 0.852. The molecule has 4 nitrogen and oxygen atoms in total. The van der Waals surface area contributed by atoms with Crippen LogP contribution in [0.5, 0.6) is 0 Å². The maximum absolute atomic E-state index is 11.9. The molecule has 0 aliphatic carbocycles. The SMILES string of the molecule is Cc1cc(C)c(NC(=O)C2CCCO2)c(C)n1. The fourth-order valence-corrected chi connectivity index (χ4v) is 2.20. The van der Waals surface area contributed by atoms with Crippen LogP contribution in [0.25, 0.3) is 0 Å². The van der Waals surface area contributed by atoms with Crippen LogP contribution in [0.3, 0.4) is 0 Å². The summed E-state index contributed by atoms with van der Waals surface area (Å²) in [4.78, 5) is 16.3. The molecule has 1 aromatic rings. The summed E-state index contributed by atoms with van der Waals surface area (Å²) in [6.07, 6.45) is 1.47. The summed E-state index contributed by atoms with van der Waals surface area (Å²) in [5, 5.41) is 2.92. The molecule has 1 aliphatic heterocycles. The molecule has 0 radical (unpaired) electrons. The van der Waals surface area contributed by atoms with Crippen LogP contribution in [0.2, 0.25) is 0 Å².